The number of aryl methyl sites for hydroxylation is 2. The smallest absolute Gasteiger partial charge is 0.226 e. The molecule has 1 amide bonds. The lowest BCUT2D eigenvalue weighted by Gasteiger charge is -2.36. The Balaban J connectivity index is 1.27. The fourth-order valence-corrected chi connectivity index (χ4v) is 3.17. The normalized spacial score (nSPS) is 15.1. The summed E-state index contributed by atoms with van der Waals surface area (Å²) in [7, 11) is 0. The van der Waals surface area contributed by atoms with Gasteiger partial charge in [0.05, 0.1) is 0 Å². The van der Waals surface area contributed by atoms with Crippen molar-refractivity contribution in [3.63, 3.8) is 0 Å². The van der Waals surface area contributed by atoms with Crippen LogP contribution < -0.4 is 10.2 Å². The maximum absolute atomic E-state index is 13.0. The van der Waals surface area contributed by atoms with Crippen molar-refractivity contribution in [1.29, 1.82) is 0 Å². The number of halogens is 1. The molecule has 0 aliphatic carbocycles. The van der Waals surface area contributed by atoms with E-state index in [1.807, 2.05) is 12.1 Å². The summed E-state index contributed by atoms with van der Waals surface area (Å²) in [6.45, 7) is 6.94. The van der Waals surface area contributed by atoms with Gasteiger partial charge in [0.2, 0.25) is 11.8 Å². The average molecular weight is 375 g/mol. The molecule has 1 fully saturated rings. The number of nitrogens with zero attached hydrogens (tertiary/aromatic N) is 4. The van der Waals surface area contributed by atoms with Crippen LogP contribution in [-0.4, -0.2) is 60.2 Å². The Hall–Kier alpha value is -2.48. The number of hydrogen-bond acceptors (Lipinski definition) is 6. The van der Waals surface area contributed by atoms with E-state index in [4.69, 9.17) is 4.52 Å². The van der Waals surface area contributed by atoms with E-state index >= 15 is 0 Å². The van der Waals surface area contributed by atoms with Crippen LogP contribution in [-0.2, 0) is 11.2 Å². The van der Waals surface area contributed by atoms with Crippen molar-refractivity contribution < 1.29 is 13.7 Å². The fourth-order valence-electron chi connectivity index (χ4n) is 3.17. The number of carbonyl (C=O) groups excluding carboxylic acids is 1. The summed E-state index contributed by atoms with van der Waals surface area (Å²) in [5.74, 6) is 1.05. The molecular weight excluding hydrogens is 349 g/mol. The summed E-state index contributed by atoms with van der Waals surface area (Å²) in [6.07, 6.45) is 1.78. The maximum Gasteiger partial charge on any atom is 0.226 e. The summed E-state index contributed by atoms with van der Waals surface area (Å²) < 4.78 is 18.0. The van der Waals surface area contributed by atoms with Gasteiger partial charge in [-0.1, -0.05) is 5.16 Å². The van der Waals surface area contributed by atoms with Gasteiger partial charge in [0.25, 0.3) is 0 Å². The third-order valence-corrected chi connectivity index (χ3v) is 4.68. The van der Waals surface area contributed by atoms with Gasteiger partial charge in [-0.2, -0.15) is 4.98 Å². The van der Waals surface area contributed by atoms with Crippen molar-refractivity contribution in [3.8, 4) is 0 Å². The third kappa shape index (κ3) is 6.02. The molecule has 2 heterocycles. The molecule has 0 atom stereocenters. The molecule has 8 heteroatoms. The predicted molar refractivity (Wildman–Crippen MR) is 100 cm³/mol. The van der Waals surface area contributed by atoms with Gasteiger partial charge in [0.15, 0.2) is 5.82 Å². The molecule has 1 aliphatic heterocycles. The van der Waals surface area contributed by atoms with Crippen LogP contribution in [0.1, 0.15) is 24.6 Å². The van der Waals surface area contributed by atoms with E-state index in [-0.39, 0.29) is 11.7 Å². The second-order valence-electron chi connectivity index (χ2n) is 6.74. The Morgan fingerprint density at radius 3 is 2.63 bits per heavy atom. The van der Waals surface area contributed by atoms with Crippen molar-refractivity contribution in [1.82, 2.24) is 20.4 Å². The molecule has 1 aromatic heterocycles. The predicted octanol–water partition coefficient (Wildman–Crippen LogP) is 1.78. The first-order valence-corrected chi connectivity index (χ1v) is 9.39. The van der Waals surface area contributed by atoms with Crippen LogP contribution in [0.5, 0.6) is 0 Å². The number of nitrogens with one attached hydrogen (secondary N) is 1. The van der Waals surface area contributed by atoms with Gasteiger partial charge in [0.1, 0.15) is 5.82 Å². The first-order valence-electron chi connectivity index (χ1n) is 9.39. The number of aromatic nitrogens is 2. The molecule has 3 rings (SSSR count). The quantitative estimate of drug-likeness (QED) is 0.758. The molecule has 0 saturated carbocycles. The molecule has 0 radical (unpaired) electrons. The summed E-state index contributed by atoms with van der Waals surface area (Å²) >= 11 is 0. The summed E-state index contributed by atoms with van der Waals surface area (Å²) in [5, 5.41) is 6.70. The molecule has 0 bridgehead atoms. The van der Waals surface area contributed by atoms with E-state index in [0.29, 0.717) is 37.5 Å². The highest BCUT2D eigenvalue weighted by atomic mass is 19.1. The Morgan fingerprint density at radius 2 is 1.96 bits per heavy atom. The largest absolute Gasteiger partial charge is 0.369 e. The molecule has 1 aromatic carbocycles. The first-order chi connectivity index (χ1) is 13.1. The van der Waals surface area contributed by atoms with E-state index in [0.717, 1.165) is 38.4 Å². The molecule has 1 saturated heterocycles. The van der Waals surface area contributed by atoms with Crippen molar-refractivity contribution in [2.75, 3.05) is 44.2 Å². The molecular formula is C19H26FN5O2. The molecule has 1 aliphatic rings. The van der Waals surface area contributed by atoms with Gasteiger partial charge in [-0.25, -0.2) is 4.39 Å². The van der Waals surface area contributed by atoms with Gasteiger partial charge in [-0.3, -0.25) is 9.69 Å². The fraction of sp³-hybridized carbons (Fsp3) is 0.526. The Bertz CT molecular complexity index is 726. The van der Waals surface area contributed by atoms with Crippen LogP contribution >= 0.6 is 0 Å². The average Bonchev–Trinajstić information content (AvgIpc) is 3.08. The number of carbonyl (C=O) groups is 1. The summed E-state index contributed by atoms with van der Waals surface area (Å²) in [6, 6.07) is 6.63. The van der Waals surface area contributed by atoms with Crippen LogP contribution in [0.25, 0.3) is 0 Å². The highest BCUT2D eigenvalue weighted by Crippen LogP contribution is 2.16. The molecule has 27 heavy (non-hydrogen) atoms. The lowest BCUT2D eigenvalue weighted by atomic mass is 10.2. The van der Waals surface area contributed by atoms with E-state index in [2.05, 4.69) is 25.3 Å². The standard InChI is InChI=1S/C19H26FN5O2/c1-15-22-19(27-23-15)4-2-3-18(26)21-9-10-24-11-13-25(14-12-24)17-7-5-16(20)6-8-17/h5-8H,2-4,9-14H2,1H3,(H,21,26). The molecule has 7 nitrogen and oxygen atoms in total. The van der Waals surface area contributed by atoms with Crippen LogP contribution in [0.2, 0.25) is 0 Å². The van der Waals surface area contributed by atoms with Crippen molar-refractivity contribution in [2.45, 2.75) is 26.2 Å². The monoisotopic (exact) mass is 375 g/mol. The van der Waals surface area contributed by atoms with Gasteiger partial charge in [-0.05, 0) is 37.6 Å². The Kier molecular flexibility index (Phi) is 6.75. The van der Waals surface area contributed by atoms with E-state index < -0.39 is 0 Å². The lowest BCUT2D eigenvalue weighted by molar-refractivity contribution is -0.121. The van der Waals surface area contributed by atoms with Crippen LogP contribution in [0.4, 0.5) is 10.1 Å². The zero-order valence-electron chi connectivity index (χ0n) is 15.7. The number of benzene rings is 1. The van der Waals surface area contributed by atoms with Crippen LogP contribution in [0.3, 0.4) is 0 Å². The molecule has 0 spiro atoms. The number of hydrogen-bond donors (Lipinski definition) is 1. The van der Waals surface area contributed by atoms with E-state index in [1.54, 1.807) is 6.92 Å². The topological polar surface area (TPSA) is 74.5 Å². The van der Waals surface area contributed by atoms with Crippen molar-refractivity contribution >= 4 is 11.6 Å². The second kappa shape index (κ2) is 9.45. The minimum absolute atomic E-state index is 0.0520. The Morgan fingerprint density at radius 1 is 1.22 bits per heavy atom. The van der Waals surface area contributed by atoms with Gasteiger partial charge in [-0.15, -0.1) is 0 Å². The maximum atomic E-state index is 13.0. The third-order valence-electron chi connectivity index (χ3n) is 4.68. The summed E-state index contributed by atoms with van der Waals surface area (Å²) in [4.78, 5) is 20.6. The molecule has 1 N–H and O–H groups in total. The van der Waals surface area contributed by atoms with Gasteiger partial charge < -0.3 is 14.7 Å². The van der Waals surface area contributed by atoms with Crippen LogP contribution in [0.15, 0.2) is 28.8 Å². The van der Waals surface area contributed by atoms with Crippen molar-refractivity contribution in [2.24, 2.45) is 0 Å². The number of amides is 1. The highest BCUT2D eigenvalue weighted by Gasteiger charge is 2.17. The Labute approximate surface area is 158 Å². The van der Waals surface area contributed by atoms with Crippen molar-refractivity contribution in [3.05, 3.63) is 41.8 Å². The number of anilines is 1. The summed E-state index contributed by atoms with van der Waals surface area (Å²) in [5.41, 5.74) is 1.06. The zero-order chi connectivity index (χ0) is 19.1. The highest BCUT2D eigenvalue weighted by molar-refractivity contribution is 5.75. The van der Waals surface area contributed by atoms with Gasteiger partial charge >= 0.3 is 0 Å². The minimum atomic E-state index is -0.208. The van der Waals surface area contributed by atoms with Gasteiger partial charge in [0, 0.05) is 57.8 Å². The minimum Gasteiger partial charge on any atom is -0.369 e. The van der Waals surface area contributed by atoms with Crippen LogP contribution in [0, 0.1) is 12.7 Å². The zero-order valence-corrected chi connectivity index (χ0v) is 15.7. The number of rotatable bonds is 8. The second-order valence-corrected chi connectivity index (χ2v) is 6.74. The number of piperazine rings is 1. The molecule has 146 valence electrons. The first kappa shape index (κ1) is 19.3. The molecule has 0 unspecified atom stereocenters. The lowest BCUT2D eigenvalue weighted by Crippen LogP contribution is -2.48. The van der Waals surface area contributed by atoms with E-state index in [1.165, 1.54) is 12.1 Å². The SMILES string of the molecule is Cc1noc(CCCC(=O)NCCN2CCN(c3ccc(F)cc3)CC2)n1. The van der Waals surface area contributed by atoms with E-state index in [9.17, 15) is 9.18 Å². The molecule has 2 aromatic rings.